The zero-order chi connectivity index (χ0) is 19.0. The van der Waals surface area contributed by atoms with Gasteiger partial charge in [0.25, 0.3) is 0 Å². The molecule has 0 N–H and O–H groups in total. The zero-order valence-corrected chi connectivity index (χ0v) is 19.1. The molecule has 0 saturated carbocycles. The molecule has 0 bridgehead atoms. The number of rotatable bonds is 16. The average Bonchev–Trinajstić information content (AvgIpc) is 2.56. The third-order valence-electron chi connectivity index (χ3n) is 4.44. The lowest BCUT2D eigenvalue weighted by atomic mass is 10.1. The van der Waals surface area contributed by atoms with Crippen LogP contribution in [0.4, 0.5) is 0 Å². The molecule has 148 valence electrons. The smallest absolute Gasteiger partial charge is 0.344 e. The van der Waals surface area contributed by atoms with Crippen molar-refractivity contribution in [1.29, 1.82) is 0 Å². The second-order valence-electron chi connectivity index (χ2n) is 6.68. The van der Waals surface area contributed by atoms with Gasteiger partial charge in [0.1, 0.15) is 0 Å². The summed E-state index contributed by atoms with van der Waals surface area (Å²) in [7, 11) is 1.44. The van der Waals surface area contributed by atoms with Crippen LogP contribution in [0.3, 0.4) is 0 Å². The Balaban J connectivity index is 3.81. The van der Waals surface area contributed by atoms with Gasteiger partial charge in [-0.2, -0.15) is 0 Å². The molecular formula is C19H35Cl3O2Si. The molecule has 1 atom stereocenters. The van der Waals surface area contributed by atoms with Gasteiger partial charge in [0.2, 0.25) is 0 Å². The minimum Gasteiger partial charge on any atom is -0.469 e. The van der Waals surface area contributed by atoms with Gasteiger partial charge in [-0.1, -0.05) is 64.0 Å². The van der Waals surface area contributed by atoms with Crippen molar-refractivity contribution < 1.29 is 9.53 Å². The van der Waals surface area contributed by atoms with Crippen LogP contribution in [0.1, 0.15) is 90.4 Å². The molecule has 2 nitrogen and oxygen atoms in total. The van der Waals surface area contributed by atoms with E-state index in [0.717, 1.165) is 44.9 Å². The van der Waals surface area contributed by atoms with Gasteiger partial charge < -0.3 is 4.74 Å². The molecule has 0 aromatic rings. The summed E-state index contributed by atoms with van der Waals surface area (Å²) in [6, 6.07) is -2.65. The van der Waals surface area contributed by atoms with E-state index in [0.29, 0.717) is 6.42 Å². The Morgan fingerprint density at radius 2 is 1.60 bits per heavy atom. The predicted molar refractivity (Wildman–Crippen MR) is 114 cm³/mol. The highest BCUT2D eigenvalue weighted by atomic mass is 35.8. The summed E-state index contributed by atoms with van der Waals surface area (Å²) in [5, 5.41) is 0. The van der Waals surface area contributed by atoms with Crippen LogP contribution >= 0.6 is 33.2 Å². The highest BCUT2D eigenvalue weighted by Crippen LogP contribution is 2.40. The van der Waals surface area contributed by atoms with E-state index in [9.17, 15) is 4.79 Å². The van der Waals surface area contributed by atoms with Crippen LogP contribution in [0.15, 0.2) is 12.2 Å². The number of carbonyl (C=O) groups excluding carboxylic acids is 1. The van der Waals surface area contributed by atoms with Crippen LogP contribution in [-0.2, 0) is 9.53 Å². The number of carbonyl (C=O) groups is 1. The Bertz CT molecular complexity index is 357. The summed E-state index contributed by atoms with van der Waals surface area (Å²) in [5.74, 6) is -0.113. The minimum absolute atomic E-state index is 0.113. The van der Waals surface area contributed by atoms with E-state index in [1.165, 1.54) is 39.2 Å². The van der Waals surface area contributed by atoms with Crippen molar-refractivity contribution in [1.82, 2.24) is 0 Å². The standard InChI is InChI=1S/C19H35Cl3O2Si/c1-3-4-5-6-9-12-15-18(25(20,21)22)16-13-10-7-8-11-14-17-19(23)24-2/h9,12,18H,3-8,10-11,13-17H2,1-2H3/b12-9+. The minimum atomic E-state index is -2.65. The lowest BCUT2D eigenvalue weighted by Crippen LogP contribution is -2.19. The molecule has 0 aliphatic carbocycles. The molecule has 0 aromatic heterocycles. The van der Waals surface area contributed by atoms with Crippen LogP contribution in [0.2, 0.25) is 5.54 Å². The second-order valence-corrected chi connectivity index (χ2v) is 15.7. The highest BCUT2D eigenvalue weighted by Gasteiger charge is 2.35. The molecule has 0 radical (unpaired) electrons. The van der Waals surface area contributed by atoms with Crippen molar-refractivity contribution in [2.45, 2.75) is 95.9 Å². The zero-order valence-electron chi connectivity index (χ0n) is 15.9. The number of hydrogen-bond acceptors (Lipinski definition) is 2. The van der Waals surface area contributed by atoms with Crippen molar-refractivity contribution in [3.05, 3.63) is 12.2 Å². The molecule has 6 heteroatoms. The monoisotopic (exact) mass is 428 g/mol. The van der Waals surface area contributed by atoms with Crippen molar-refractivity contribution >= 4 is 45.2 Å². The molecular weight excluding hydrogens is 395 g/mol. The van der Waals surface area contributed by atoms with E-state index in [2.05, 4.69) is 23.8 Å². The van der Waals surface area contributed by atoms with Crippen LogP contribution in [0.25, 0.3) is 0 Å². The maximum atomic E-state index is 11.0. The third-order valence-corrected chi connectivity index (χ3v) is 8.66. The van der Waals surface area contributed by atoms with E-state index in [1.54, 1.807) is 0 Å². The number of allylic oxidation sites excluding steroid dienone is 2. The molecule has 25 heavy (non-hydrogen) atoms. The molecule has 0 aromatic carbocycles. The number of unbranched alkanes of at least 4 members (excludes halogenated alkanes) is 8. The van der Waals surface area contributed by atoms with Gasteiger partial charge in [0.15, 0.2) is 0 Å². The summed E-state index contributed by atoms with van der Waals surface area (Å²) >= 11 is 18.8. The van der Waals surface area contributed by atoms with Crippen molar-refractivity contribution in [2.75, 3.05) is 7.11 Å². The summed E-state index contributed by atoms with van der Waals surface area (Å²) in [4.78, 5) is 11.0. The van der Waals surface area contributed by atoms with Crippen molar-refractivity contribution in [3.8, 4) is 0 Å². The fourth-order valence-electron chi connectivity index (χ4n) is 2.77. The Hall–Kier alpha value is 0.297. The maximum Gasteiger partial charge on any atom is 0.344 e. The van der Waals surface area contributed by atoms with Gasteiger partial charge in [0, 0.05) is 6.42 Å². The molecule has 0 amide bonds. The highest BCUT2D eigenvalue weighted by molar-refractivity contribution is 7.65. The van der Waals surface area contributed by atoms with Crippen molar-refractivity contribution in [2.24, 2.45) is 0 Å². The van der Waals surface area contributed by atoms with E-state index >= 15 is 0 Å². The molecule has 0 saturated heterocycles. The number of ether oxygens (including phenoxy) is 1. The first-order valence-electron chi connectivity index (χ1n) is 9.70. The first kappa shape index (κ1) is 25.3. The van der Waals surface area contributed by atoms with Crippen LogP contribution in [0, 0.1) is 0 Å². The maximum absolute atomic E-state index is 11.0. The van der Waals surface area contributed by atoms with Crippen LogP contribution in [-0.4, -0.2) is 19.1 Å². The molecule has 0 aliphatic rings. The van der Waals surface area contributed by atoms with E-state index in [4.69, 9.17) is 33.2 Å². The summed E-state index contributed by atoms with van der Waals surface area (Å²) in [6.07, 6.45) is 18.4. The molecule has 0 spiro atoms. The van der Waals surface area contributed by atoms with Gasteiger partial charge in [-0.05, 0) is 37.6 Å². The van der Waals surface area contributed by atoms with Gasteiger partial charge >= 0.3 is 12.0 Å². The van der Waals surface area contributed by atoms with E-state index in [1.807, 2.05) is 0 Å². The van der Waals surface area contributed by atoms with E-state index < -0.39 is 6.00 Å². The van der Waals surface area contributed by atoms with E-state index in [-0.39, 0.29) is 11.5 Å². The first-order chi connectivity index (χ1) is 11.9. The number of hydrogen-bond donors (Lipinski definition) is 0. The SMILES string of the molecule is CCCCC/C=C/CC(CCCCCCCCC(=O)OC)[Si](Cl)(Cl)Cl. The fourth-order valence-corrected chi connectivity index (χ4v) is 5.49. The Morgan fingerprint density at radius 1 is 0.960 bits per heavy atom. The Labute approximate surface area is 169 Å². The predicted octanol–water partition coefficient (Wildman–Crippen LogP) is 7.83. The van der Waals surface area contributed by atoms with Crippen LogP contribution in [0.5, 0.6) is 0 Å². The van der Waals surface area contributed by atoms with Gasteiger partial charge in [-0.15, -0.1) is 33.2 Å². The van der Waals surface area contributed by atoms with Gasteiger partial charge in [-0.25, -0.2) is 0 Å². The molecule has 0 fully saturated rings. The fraction of sp³-hybridized carbons (Fsp3) is 0.842. The molecule has 0 rings (SSSR count). The normalized spacial score (nSPS) is 13.3. The van der Waals surface area contributed by atoms with Gasteiger partial charge in [0.05, 0.1) is 7.11 Å². The average molecular weight is 430 g/mol. The summed E-state index contributed by atoms with van der Waals surface area (Å²) < 4.78 is 4.63. The molecule has 0 aliphatic heterocycles. The third kappa shape index (κ3) is 16.2. The number of methoxy groups -OCH3 is 1. The lowest BCUT2D eigenvalue weighted by Gasteiger charge is -2.20. The Kier molecular flexibility index (Phi) is 16.7. The first-order valence-corrected chi connectivity index (χ1v) is 14.8. The molecule has 0 heterocycles. The molecule has 1 unspecified atom stereocenters. The number of esters is 1. The summed E-state index contributed by atoms with van der Waals surface area (Å²) in [6.45, 7) is 2.22. The second kappa shape index (κ2) is 16.5. The van der Waals surface area contributed by atoms with Gasteiger partial charge in [-0.3, -0.25) is 4.79 Å². The Morgan fingerprint density at radius 3 is 2.20 bits per heavy atom. The lowest BCUT2D eigenvalue weighted by molar-refractivity contribution is -0.140. The largest absolute Gasteiger partial charge is 0.469 e. The number of halogens is 3. The van der Waals surface area contributed by atoms with Crippen LogP contribution < -0.4 is 0 Å². The topological polar surface area (TPSA) is 26.3 Å². The van der Waals surface area contributed by atoms with Crippen molar-refractivity contribution in [3.63, 3.8) is 0 Å². The summed E-state index contributed by atoms with van der Waals surface area (Å²) in [5.41, 5.74) is 0.222. The quantitative estimate of drug-likeness (QED) is 0.0821.